The Morgan fingerprint density at radius 1 is 0.800 bits per heavy atom. The van der Waals surface area contributed by atoms with Crippen LogP contribution in [0.5, 0.6) is 5.75 Å². The molecule has 0 aliphatic heterocycles. The van der Waals surface area contributed by atoms with Crippen molar-refractivity contribution >= 4 is 0 Å². The van der Waals surface area contributed by atoms with E-state index in [-0.39, 0.29) is 6.61 Å². The zero-order valence-electron chi connectivity index (χ0n) is 17.1. The maximum absolute atomic E-state index is 12.6. The predicted octanol–water partition coefficient (Wildman–Crippen LogP) is 7.47. The monoisotopic (exact) mass is 413 g/mol. The zero-order valence-corrected chi connectivity index (χ0v) is 17.1. The number of benzene rings is 2. The van der Waals surface area contributed by atoms with Gasteiger partial charge in [-0.2, -0.15) is 13.2 Å². The van der Waals surface area contributed by atoms with Crippen LogP contribution in [-0.2, 0) is 19.2 Å². The van der Waals surface area contributed by atoms with E-state index in [9.17, 15) is 13.2 Å². The van der Waals surface area contributed by atoms with Crippen molar-refractivity contribution in [2.24, 2.45) is 0 Å². The summed E-state index contributed by atoms with van der Waals surface area (Å²) in [6.07, 6.45) is 3.64. The first-order chi connectivity index (χ1) is 14.5. The minimum Gasteiger partial charge on any atom is -0.489 e. The molecule has 0 N–H and O–H groups in total. The molecule has 0 saturated heterocycles. The fourth-order valence-electron chi connectivity index (χ4n) is 3.18. The summed E-state index contributed by atoms with van der Waals surface area (Å²) in [6, 6.07) is 16.7. The molecule has 0 unspecified atom stereocenters. The van der Waals surface area contributed by atoms with E-state index in [1.54, 1.807) is 0 Å². The number of rotatable bonds is 9. The van der Waals surface area contributed by atoms with Gasteiger partial charge in [0.1, 0.15) is 12.4 Å². The highest BCUT2D eigenvalue weighted by molar-refractivity contribution is 5.60. The van der Waals surface area contributed by atoms with Crippen LogP contribution in [-0.4, -0.2) is 4.98 Å². The van der Waals surface area contributed by atoms with Crippen LogP contribution in [0, 0.1) is 0 Å². The molecule has 0 aliphatic rings. The number of halogens is 3. The Morgan fingerprint density at radius 3 is 2.10 bits per heavy atom. The van der Waals surface area contributed by atoms with Crippen LogP contribution >= 0.6 is 0 Å². The summed E-state index contributed by atoms with van der Waals surface area (Å²) >= 11 is 0. The van der Waals surface area contributed by atoms with Gasteiger partial charge in [-0.15, -0.1) is 0 Å². The predicted molar refractivity (Wildman–Crippen MR) is 113 cm³/mol. The fourth-order valence-corrected chi connectivity index (χ4v) is 3.18. The lowest BCUT2D eigenvalue weighted by molar-refractivity contribution is -0.137. The van der Waals surface area contributed by atoms with E-state index in [0.717, 1.165) is 29.8 Å². The first kappa shape index (κ1) is 21.9. The number of unbranched alkanes of at least 4 members (excludes halogenated alkanes) is 3. The molecule has 1 aromatic heterocycles. The molecule has 0 spiro atoms. The zero-order chi connectivity index (χ0) is 21.4. The van der Waals surface area contributed by atoms with Crippen LogP contribution in [0.1, 0.15) is 49.3 Å². The molecule has 0 saturated carbocycles. The largest absolute Gasteiger partial charge is 0.489 e. The SMILES string of the molecule is CCCCCCc1ccc(-c2ccc(OCc3ccc(C(F)(F)F)cc3)cc2)nc1. The Balaban J connectivity index is 1.53. The van der Waals surface area contributed by atoms with E-state index in [1.165, 1.54) is 43.4 Å². The second-order valence-electron chi connectivity index (χ2n) is 7.37. The van der Waals surface area contributed by atoms with Gasteiger partial charge >= 0.3 is 6.18 Å². The van der Waals surface area contributed by atoms with Crippen molar-refractivity contribution in [3.05, 3.63) is 83.6 Å². The molecule has 3 aromatic rings. The molecule has 0 amide bonds. The lowest BCUT2D eigenvalue weighted by Gasteiger charge is -2.10. The second kappa shape index (κ2) is 10.3. The minimum absolute atomic E-state index is 0.211. The van der Waals surface area contributed by atoms with E-state index in [0.29, 0.717) is 11.3 Å². The second-order valence-corrected chi connectivity index (χ2v) is 7.37. The standard InChI is InChI=1S/C25H26F3NO/c1-2-3-4-5-6-19-9-16-24(29-17-19)21-10-14-23(15-11-21)30-18-20-7-12-22(13-8-20)25(26,27)28/h7-17H,2-6,18H2,1H3. The van der Waals surface area contributed by atoms with Crippen LogP contribution < -0.4 is 4.74 Å². The molecule has 2 aromatic carbocycles. The summed E-state index contributed by atoms with van der Waals surface area (Å²) in [5, 5.41) is 0. The number of hydrogen-bond donors (Lipinski definition) is 0. The van der Waals surface area contributed by atoms with Crippen molar-refractivity contribution in [1.29, 1.82) is 0 Å². The van der Waals surface area contributed by atoms with E-state index in [1.807, 2.05) is 36.5 Å². The lowest BCUT2D eigenvalue weighted by Crippen LogP contribution is -2.05. The van der Waals surface area contributed by atoms with E-state index in [4.69, 9.17) is 4.74 Å². The van der Waals surface area contributed by atoms with Crippen LogP contribution in [0.2, 0.25) is 0 Å². The van der Waals surface area contributed by atoms with E-state index < -0.39 is 11.7 Å². The third kappa shape index (κ3) is 6.34. The van der Waals surface area contributed by atoms with Crippen molar-refractivity contribution in [1.82, 2.24) is 4.98 Å². The van der Waals surface area contributed by atoms with Gasteiger partial charge in [-0.1, -0.05) is 44.4 Å². The van der Waals surface area contributed by atoms with Gasteiger partial charge in [0.05, 0.1) is 11.3 Å². The highest BCUT2D eigenvalue weighted by Gasteiger charge is 2.29. The van der Waals surface area contributed by atoms with Gasteiger partial charge in [0.2, 0.25) is 0 Å². The first-order valence-corrected chi connectivity index (χ1v) is 10.3. The van der Waals surface area contributed by atoms with Crippen LogP contribution in [0.15, 0.2) is 66.9 Å². The first-order valence-electron chi connectivity index (χ1n) is 10.3. The van der Waals surface area contributed by atoms with E-state index >= 15 is 0 Å². The molecule has 0 radical (unpaired) electrons. The van der Waals surface area contributed by atoms with Crippen LogP contribution in [0.3, 0.4) is 0 Å². The van der Waals surface area contributed by atoms with Gasteiger partial charge in [-0.05, 0) is 66.4 Å². The smallest absolute Gasteiger partial charge is 0.416 e. The van der Waals surface area contributed by atoms with Gasteiger partial charge < -0.3 is 4.74 Å². The van der Waals surface area contributed by atoms with Gasteiger partial charge in [0, 0.05) is 11.8 Å². The van der Waals surface area contributed by atoms with Crippen molar-refractivity contribution in [3.8, 4) is 17.0 Å². The third-order valence-corrected chi connectivity index (χ3v) is 4.98. The average molecular weight is 413 g/mol. The summed E-state index contributed by atoms with van der Waals surface area (Å²) in [7, 11) is 0. The number of aromatic nitrogens is 1. The Bertz CT molecular complexity index is 901. The molecular formula is C25H26F3NO. The van der Waals surface area contributed by atoms with Crippen molar-refractivity contribution in [2.75, 3.05) is 0 Å². The topological polar surface area (TPSA) is 22.1 Å². The number of pyridine rings is 1. The number of hydrogen-bond acceptors (Lipinski definition) is 2. The summed E-state index contributed by atoms with van der Waals surface area (Å²) in [5.74, 6) is 0.659. The average Bonchev–Trinajstić information content (AvgIpc) is 2.76. The van der Waals surface area contributed by atoms with Crippen molar-refractivity contribution in [3.63, 3.8) is 0 Å². The molecule has 3 rings (SSSR count). The Hall–Kier alpha value is -2.82. The summed E-state index contributed by atoms with van der Waals surface area (Å²) in [4.78, 5) is 4.57. The minimum atomic E-state index is -4.32. The van der Waals surface area contributed by atoms with Gasteiger partial charge in [-0.3, -0.25) is 4.98 Å². The summed E-state index contributed by atoms with van der Waals surface area (Å²) in [6.45, 7) is 2.42. The highest BCUT2D eigenvalue weighted by Crippen LogP contribution is 2.29. The van der Waals surface area contributed by atoms with E-state index in [2.05, 4.69) is 18.0 Å². The van der Waals surface area contributed by atoms with Crippen LogP contribution in [0.4, 0.5) is 13.2 Å². The van der Waals surface area contributed by atoms with Crippen LogP contribution in [0.25, 0.3) is 11.3 Å². The number of nitrogens with zero attached hydrogens (tertiary/aromatic N) is 1. The Morgan fingerprint density at radius 2 is 1.50 bits per heavy atom. The molecule has 0 fully saturated rings. The van der Waals surface area contributed by atoms with Gasteiger partial charge in [-0.25, -0.2) is 0 Å². The fraction of sp³-hybridized carbons (Fsp3) is 0.320. The van der Waals surface area contributed by atoms with Crippen molar-refractivity contribution in [2.45, 2.75) is 51.8 Å². The Kier molecular flexibility index (Phi) is 7.50. The quantitative estimate of drug-likeness (QED) is 0.340. The third-order valence-electron chi connectivity index (χ3n) is 4.98. The summed E-state index contributed by atoms with van der Waals surface area (Å²) in [5.41, 5.74) is 3.18. The maximum Gasteiger partial charge on any atom is 0.416 e. The normalized spacial score (nSPS) is 11.5. The molecule has 0 aliphatic carbocycles. The number of aryl methyl sites for hydroxylation is 1. The molecular weight excluding hydrogens is 387 g/mol. The molecule has 5 heteroatoms. The van der Waals surface area contributed by atoms with Gasteiger partial charge in [0.25, 0.3) is 0 Å². The highest BCUT2D eigenvalue weighted by atomic mass is 19.4. The molecule has 1 heterocycles. The van der Waals surface area contributed by atoms with Crippen molar-refractivity contribution < 1.29 is 17.9 Å². The molecule has 158 valence electrons. The molecule has 2 nitrogen and oxygen atoms in total. The number of ether oxygens (including phenoxy) is 1. The maximum atomic E-state index is 12.6. The van der Waals surface area contributed by atoms with Gasteiger partial charge in [0.15, 0.2) is 0 Å². The molecule has 30 heavy (non-hydrogen) atoms. The number of alkyl halides is 3. The molecule has 0 atom stereocenters. The Labute approximate surface area is 175 Å². The lowest BCUT2D eigenvalue weighted by atomic mass is 10.1. The molecule has 0 bridgehead atoms. The summed E-state index contributed by atoms with van der Waals surface area (Å²) < 4.78 is 43.5.